The molecule has 7 rings (SSSR count). The largest absolute Gasteiger partial charge is 0.507 e. The fourth-order valence-corrected chi connectivity index (χ4v) is 6.35. The first kappa shape index (κ1) is 27.5. The van der Waals surface area contributed by atoms with Crippen LogP contribution in [0.15, 0.2) is 96.6 Å². The lowest BCUT2D eigenvalue weighted by atomic mass is 9.95. The Morgan fingerprint density at radius 1 is 0.932 bits per heavy atom. The van der Waals surface area contributed by atoms with Crippen LogP contribution in [-0.2, 0) is 16.2 Å². The van der Waals surface area contributed by atoms with Crippen molar-refractivity contribution >= 4 is 44.1 Å². The molecule has 220 valence electrons. The summed E-state index contributed by atoms with van der Waals surface area (Å²) in [6.45, 7) is 1.11. The minimum absolute atomic E-state index is 0.0660. The van der Waals surface area contributed by atoms with E-state index in [0.29, 0.717) is 64.6 Å². The first-order valence-corrected chi connectivity index (χ1v) is 14.7. The average molecular weight is 607 g/mol. The topological polar surface area (TPSA) is 107 Å². The van der Waals surface area contributed by atoms with E-state index in [2.05, 4.69) is 0 Å². The summed E-state index contributed by atoms with van der Waals surface area (Å²) < 4.78 is 23.5. The van der Waals surface area contributed by atoms with Gasteiger partial charge in [-0.05, 0) is 59.7 Å². The van der Waals surface area contributed by atoms with Crippen LogP contribution in [0.3, 0.4) is 0 Å². The maximum absolute atomic E-state index is 13.8. The Bertz CT molecular complexity index is 1940. The number of rotatable bonds is 7. The predicted octanol–water partition coefficient (Wildman–Crippen LogP) is 6.28. The van der Waals surface area contributed by atoms with E-state index in [9.17, 15) is 14.7 Å². The summed E-state index contributed by atoms with van der Waals surface area (Å²) in [6, 6.07) is 26.3. The molecule has 0 bridgehead atoms. The van der Waals surface area contributed by atoms with Gasteiger partial charge in [-0.3, -0.25) is 14.5 Å². The lowest BCUT2D eigenvalue weighted by Gasteiger charge is -2.24. The molecule has 10 heteroatoms. The van der Waals surface area contributed by atoms with E-state index >= 15 is 0 Å². The second-order valence-corrected chi connectivity index (χ2v) is 11.2. The van der Waals surface area contributed by atoms with Crippen LogP contribution < -0.4 is 23.8 Å². The number of carbonyl (C=O) groups is 2. The number of aliphatic hydroxyl groups is 1. The molecule has 1 unspecified atom stereocenters. The van der Waals surface area contributed by atoms with Crippen LogP contribution in [0.2, 0.25) is 0 Å². The fourth-order valence-electron chi connectivity index (χ4n) is 5.33. The lowest BCUT2D eigenvalue weighted by Crippen LogP contribution is -2.29. The van der Waals surface area contributed by atoms with E-state index in [1.54, 1.807) is 55.6 Å². The Hall–Kier alpha value is -5.35. The number of aliphatic hydroxyl groups excluding tert-OH is 1. The molecule has 3 heterocycles. The van der Waals surface area contributed by atoms with E-state index < -0.39 is 17.7 Å². The number of anilines is 1. The first-order chi connectivity index (χ1) is 21.5. The number of ether oxygens (including phenoxy) is 4. The van der Waals surface area contributed by atoms with Gasteiger partial charge in [0.1, 0.15) is 37.1 Å². The fraction of sp³-hybridized carbons (Fsp3) is 0.147. The van der Waals surface area contributed by atoms with E-state index in [-0.39, 0.29) is 11.3 Å². The molecule has 5 aromatic rings. The minimum Gasteiger partial charge on any atom is -0.507 e. The highest BCUT2D eigenvalue weighted by Crippen LogP contribution is 2.46. The molecule has 4 aromatic carbocycles. The Morgan fingerprint density at radius 3 is 2.57 bits per heavy atom. The van der Waals surface area contributed by atoms with Crippen LogP contribution in [0.1, 0.15) is 22.7 Å². The number of aromatic nitrogens is 1. The number of ketones is 1. The zero-order valence-corrected chi connectivity index (χ0v) is 24.4. The van der Waals surface area contributed by atoms with E-state index in [4.69, 9.17) is 23.9 Å². The average Bonchev–Trinajstić information content (AvgIpc) is 3.61. The molecule has 0 radical (unpaired) electrons. The van der Waals surface area contributed by atoms with Crippen LogP contribution in [-0.4, -0.2) is 42.1 Å². The zero-order valence-electron chi connectivity index (χ0n) is 23.6. The first-order valence-electron chi connectivity index (χ1n) is 13.9. The third-order valence-electron chi connectivity index (χ3n) is 7.47. The summed E-state index contributed by atoms with van der Waals surface area (Å²) in [5.41, 5.74) is 2.47. The van der Waals surface area contributed by atoms with Crippen molar-refractivity contribution in [3.63, 3.8) is 0 Å². The van der Waals surface area contributed by atoms with Crippen molar-refractivity contribution in [3.8, 4) is 23.0 Å². The molecule has 0 aliphatic carbocycles. The summed E-state index contributed by atoms with van der Waals surface area (Å²) in [4.78, 5) is 33.6. The van der Waals surface area contributed by atoms with Crippen LogP contribution in [0, 0.1) is 0 Å². The molecular weight excluding hydrogens is 580 g/mol. The van der Waals surface area contributed by atoms with E-state index in [0.717, 1.165) is 10.3 Å². The molecule has 2 aliphatic heterocycles. The second kappa shape index (κ2) is 11.4. The van der Waals surface area contributed by atoms with Gasteiger partial charge in [-0.25, -0.2) is 4.98 Å². The van der Waals surface area contributed by atoms with Gasteiger partial charge in [-0.2, -0.15) is 0 Å². The Labute approximate surface area is 256 Å². The third kappa shape index (κ3) is 4.99. The Kier molecular flexibility index (Phi) is 7.11. The summed E-state index contributed by atoms with van der Waals surface area (Å²) in [7, 11) is 1.58. The van der Waals surface area contributed by atoms with E-state index in [1.165, 1.54) is 16.2 Å². The monoisotopic (exact) mass is 606 g/mol. The molecule has 1 saturated heterocycles. The molecule has 1 amide bonds. The number of Topliss-reactive ketones (excluding diaryl/α,β-unsaturated/α-hetero) is 1. The number of thiazole rings is 1. The maximum atomic E-state index is 13.8. The highest BCUT2D eigenvalue weighted by molar-refractivity contribution is 7.22. The number of amides is 1. The highest BCUT2D eigenvalue weighted by atomic mass is 32.1. The molecule has 1 N–H and O–H groups in total. The molecule has 1 aromatic heterocycles. The predicted molar refractivity (Wildman–Crippen MR) is 166 cm³/mol. The normalized spacial score (nSPS) is 17.2. The molecule has 1 atom stereocenters. The highest BCUT2D eigenvalue weighted by Gasteiger charge is 2.48. The molecule has 44 heavy (non-hydrogen) atoms. The van der Waals surface area contributed by atoms with Crippen LogP contribution >= 0.6 is 11.3 Å². The number of methoxy groups -OCH3 is 1. The van der Waals surface area contributed by atoms with Gasteiger partial charge in [-0.1, -0.05) is 53.8 Å². The van der Waals surface area contributed by atoms with Crippen molar-refractivity contribution in [2.24, 2.45) is 0 Å². The van der Waals surface area contributed by atoms with Crippen molar-refractivity contribution in [2.75, 3.05) is 25.2 Å². The van der Waals surface area contributed by atoms with Crippen molar-refractivity contribution in [1.29, 1.82) is 0 Å². The van der Waals surface area contributed by atoms with Gasteiger partial charge in [0.2, 0.25) is 0 Å². The third-order valence-corrected chi connectivity index (χ3v) is 8.49. The van der Waals surface area contributed by atoms with Crippen molar-refractivity contribution in [3.05, 3.63) is 113 Å². The molecule has 2 aliphatic rings. The summed E-state index contributed by atoms with van der Waals surface area (Å²) in [5, 5.41) is 12.0. The lowest BCUT2D eigenvalue weighted by molar-refractivity contribution is -0.132. The standard InChI is InChI=1S/C34H26N2O7S/c1-40-23-11-12-25-28(18-23)44-34(35-25)36-30(21-8-5-9-24(16-21)43-19-20-6-3-2-4-7-20)29(32(38)33(36)39)31(37)22-10-13-26-27(17-22)42-15-14-41-26/h2-13,16-18,30,37H,14-15,19H2,1H3. The molecule has 0 spiro atoms. The molecule has 1 fully saturated rings. The minimum atomic E-state index is -0.981. The number of carbonyl (C=O) groups excluding carboxylic acids is 2. The summed E-state index contributed by atoms with van der Waals surface area (Å²) >= 11 is 1.26. The van der Waals surface area contributed by atoms with Crippen LogP contribution in [0.5, 0.6) is 23.0 Å². The maximum Gasteiger partial charge on any atom is 0.301 e. The summed E-state index contributed by atoms with van der Waals surface area (Å²) in [6.07, 6.45) is 0. The number of benzene rings is 4. The quantitative estimate of drug-likeness (QED) is 0.131. The van der Waals surface area contributed by atoms with Crippen molar-refractivity contribution in [2.45, 2.75) is 12.6 Å². The number of hydrogen-bond donors (Lipinski definition) is 1. The van der Waals surface area contributed by atoms with Crippen LogP contribution in [0.4, 0.5) is 5.13 Å². The van der Waals surface area contributed by atoms with Gasteiger partial charge >= 0.3 is 5.91 Å². The number of fused-ring (bicyclic) bond motifs is 2. The summed E-state index contributed by atoms with van der Waals surface area (Å²) in [5.74, 6) is 0.232. The van der Waals surface area contributed by atoms with Crippen LogP contribution in [0.25, 0.3) is 16.0 Å². The van der Waals surface area contributed by atoms with Gasteiger partial charge in [0.25, 0.3) is 5.78 Å². The number of nitrogens with zero attached hydrogens (tertiary/aromatic N) is 2. The Morgan fingerprint density at radius 2 is 1.75 bits per heavy atom. The zero-order chi connectivity index (χ0) is 30.2. The van der Waals surface area contributed by atoms with Crippen molar-refractivity contribution in [1.82, 2.24) is 4.98 Å². The van der Waals surface area contributed by atoms with Gasteiger partial charge in [0.05, 0.1) is 28.9 Å². The van der Waals surface area contributed by atoms with Gasteiger partial charge < -0.3 is 24.1 Å². The SMILES string of the molecule is COc1ccc2nc(N3C(=O)C(=O)C(=C(O)c4ccc5c(c4)OCCO5)C3c3cccc(OCc4ccccc4)c3)sc2c1. The Balaban J connectivity index is 1.35. The van der Waals surface area contributed by atoms with Crippen molar-refractivity contribution < 1.29 is 33.6 Å². The molecule has 9 nitrogen and oxygen atoms in total. The second-order valence-electron chi connectivity index (χ2n) is 10.2. The number of hydrogen-bond acceptors (Lipinski definition) is 9. The van der Waals surface area contributed by atoms with E-state index in [1.807, 2.05) is 42.5 Å². The molecular formula is C34H26N2O7S. The van der Waals surface area contributed by atoms with Gasteiger partial charge in [0.15, 0.2) is 16.6 Å². The van der Waals surface area contributed by atoms with Gasteiger partial charge in [-0.15, -0.1) is 0 Å². The molecule has 0 saturated carbocycles. The smallest absolute Gasteiger partial charge is 0.301 e. The van der Waals surface area contributed by atoms with Gasteiger partial charge in [0, 0.05) is 5.56 Å².